The van der Waals surface area contributed by atoms with Crippen molar-refractivity contribution in [3.8, 4) is 0 Å². The van der Waals surface area contributed by atoms with Crippen molar-refractivity contribution in [2.24, 2.45) is 0 Å². The predicted octanol–water partition coefficient (Wildman–Crippen LogP) is 4.48. The largest absolute Gasteiger partial charge is 0.368 e. The van der Waals surface area contributed by atoms with Crippen molar-refractivity contribution in [2.45, 2.75) is 18.2 Å². The molecule has 0 N–H and O–H groups in total. The Labute approximate surface area is 159 Å². The van der Waals surface area contributed by atoms with Crippen molar-refractivity contribution in [1.82, 2.24) is 4.90 Å². The van der Waals surface area contributed by atoms with Gasteiger partial charge in [0.2, 0.25) is 5.91 Å². The number of benzene rings is 2. The van der Waals surface area contributed by atoms with E-state index < -0.39 is 0 Å². The zero-order valence-corrected chi connectivity index (χ0v) is 16.0. The number of aryl methyl sites for hydroxylation is 1. The molecule has 0 atom stereocenters. The number of hydrogen-bond acceptors (Lipinski definition) is 3. The number of hydrogen-bond donors (Lipinski definition) is 0. The van der Waals surface area contributed by atoms with Crippen LogP contribution in [0.2, 0.25) is 5.02 Å². The Morgan fingerprint density at radius 3 is 2.56 bits per heavy atom. The van der Waals surface area contributed by atoms with Crippen LogP contribution in [0.3, 0.4) is 0 Å². The molecule has 25 heavy (non-hydrogen) atoms. The molecule has 2 aromatic carbocycles. The monoisotopic (exact) mass is 374 g/mol. The lowest BCUT2D eigenvalue weighted by Crippen LogP contribution is -2.48. The summed E-state index contributed by atoms with van der Waals surface area (Å²) in [6, 6.07) is 16.3. The number of amides is 1. The van der Waals surface area contributed by atoms with Gasteiger partial charge in [-0.2, -0.15) is 0 Å². The van der Waals surface area contributed by atoms with E-state index >= 15 is 0 Å². The summed E-state index contributed by atoms with van der Waals surface area (Å²) < 4.78 is 0. The molecule has 1 amide bonds. The fourth-order valence-electron chi connectivity index (χ4n) is 3.01. The second-order valence-electron chi connectivity index (χ2n) is 6.24. The molecule has 2 aromatic rings. The second-order valence-corrected chi connectivity index (χ2v) is 7.78. The summed E-state index contributed by atoms with van der Waals surface area (Å²) in [4.78, 5) is 17.8. The van der Waals surface area contributed by atoms with E-state index in [4.69, 9.17) is 11.6 Å². The Kier molecular flexibility index (Phi) is 6.27. The van der Waals surface area contributed by atoms with Gasteiger partial charge in [0.05, 0.1) is 5.02 Å². The SMILES string of the molecule is Cc1cccc(N2CCN(C(=O)CCSc3ccccc3Cl)CC2)c1. The van der Waals surface area contributed by atoms with Crippen LogP contribution in [0.15, 0.2) is 53.4 Å². The van der Waals surface area contributed by atoms with Crippen LogP contribution in [0, 0.1) is 6.92 Å². The zero-order valence-electron chi connectivity index (χ0n) is 14.5. The van der Waals surface area contributed by atoms with Crippen molar-refractivity contribution in [3.05, 3.63) is 59.1 Å². The molecule has 0 aliphatic carbocycles. The number of rotatable bonds is 5. The highest BCUT2D eigenvalue weighted by atomic mass is 35.5. The predicted molar refractivity (Wildman–Crippen MR) is 107 cm³/mol. The average Bonchev–Trinajstić information content (AvgIpc) is 2.63. The van der Waals surface area contributed by atoms with Crippen LogP contribution in [0.1, 0.15) is 12.0 Å². The number of halogens is 1. The number of carbonyl (C=O) groups excluding carboxylic acids is 1. The van der Waals surface area contributed by atoms with Crippen LogP contribution in [0.25, 0.3) is 0 Å². The molecule has 0 spiro atoms. The first-order valence-electron chi connectivity index (χ1n) is 8.60. The highest BCUT2D eigenvalue weighted by Crippen LogP contribution is 2.27. The van der Waals surface area contributed by atoms with Gasteiger partial charge in [0.25, 0.3) is 0 Å². The minimum Gasteiger partial charge on any atom is -0.368 e. The molecule has 1 saturated heterocycles. The molecule has 0 radical (unpaired) electrons. The van der Waals surface area contributed by atoms with Crippen LogP contribution >= 0.6 is 23.4 Å². The number of carbonyl (C=O) groups is 1. The lowest BCUT2D eigenvalue weighted by Gasteiger charge is -2.36. The normalized spacial score (nSPS) is 14.6. The van der Waals surface area contributed by atoms with Gasteiger partial charge in [-0.05, 0) is 36.8 Å². The third-order valence-electron chi connectivity index (χ3n) is 4.41. The minimum absolute atomic E-state index is 0.239. The molecule has 3 rings (SSSR count). The number of nitrogens with zero attached hydrogens (tertiary/aromatic N) is 2. The number of piperazine rings is 1. The lowest BCUT2D eigenvalue weighted by atomic mass is 10.2. The van der Waals surface area contributed by atoms with Crippen molar-refractivity contribution in [3.63, 3.8) is 0 Å². The average molecular weight is 375 g/mol. The Hall–Kier alpha value is -1.65. The molecular formula is C20H23ClN2OS. The van der Waals surface area contributed by atoms with E-state index in [2.05, 4.69) is 36.1 Å². The maximum atomic E-state index is 12.4. The highest BCUT2D eigenvalue weighted by molar-refractivity contribution is 7.99. The third-order valence-corrected chi connectivity index (χ3v) is 5.93. The van der Waals surface area contributed by atoms with E-state index in [9.17, 15) is 4.79 Å². The van der Waals surface area contributed by atoms with Gasteiger partial charge in [0.1, 0.15) is 0 Å². The van der Waals surface area contributed by atoms with E-state index in [1.54, 1.807) is 11.8 Å². The van der Waals surface area contributed by atoms with Gasteiger partial charge in [-0.15, -0.1) is 11.8 Å². The maximum absolute atomic E-state index is 12.4. The molecular weight excluding hydrogens is 352 g/mol. The van der Waals surface area contributed by atoms with Crippen LogP contribution < -0.4 is 4.90 Å². The Morgan fingerprint density at radius 2 is 1.84 bits per heavy atom. The van der Waals surface area contributed by atoms with Gasteiger partial charge < -0.3 is 9.80 Å². The van der Waals surface area contributed by atoms with E-state index in [0.29, 0.717) is 6.42 Å². The molecule has 0 saturated carbocycles. The minimum atomic E-state index is 0.239. The van der Waals surface area contributed by atoms with Crippen molar-refractivity contribution < 1.29 is 4.79 Å². The first-order valence-corrected chi connectivity index (χ1v) is 9.96. The fourth-order valence-corrected chi connectivity index (χ4v) is 4.18. The lowest BCUT2D eigenvalue weighted by molar-refractivity contribution is -0.131. The maximum Gasteiger partial charge on any atom is 0.223 e. The molecule has 0 unspecified atom stereocenters. The van der Waals surface area contributed by atoms with Crippen LogP contribution in [0.5, 0.6) is 0 Å². The Morgan fingerprint density at radius 1 is 1.08 bits per heavy atom. The van der Waals surface area contributed by atoms with Crippen LogP contribution in [-0.2, 0) is 4.79 Å². The standard InChI is InChI=1S/C20H23ClN2OS/c1-16-5-4-6-17(15-16)22-10-12-23(13-11-22)20(24)9-14-25-19-8-3-2-7-18(19)21/h2-8,15H,9-14H2,1H3. The Bertz CT molecular complexity index is 729. The number of anilines is 1. The third kappa shape index (κ3) is 4.93. The molecule has 0 aromatic heterocycles. The van der Waals surface area contributed by atoms with Gasteiger partial charge >= 0.3 is 0 Å². The van der Waals surface area contributed by atoms with Gasteiger partial charge in [0.15, 0.2) is 0 Å². The van der Waals surface area contributed by atoms with Gasteiger partial charge in [0, 0.05) is 48.9 Å². The topological polar surface area (TPSA) is 23.6 Å². The summed E-state index contributed by atoms with van der Waals surface area (Å²) in [7, 11) is 0. The van der Waals surface area contributed by atoms with Gasteiger partial charge in [-0.3, -0.25) is 4.79 Å². The Balaban J connectivity index is 1.45. The fraction of sp³-hybridized carbons (Fsp3) is 0.350. The summed E-state index contributed by atoms with van der Waals surface area (Å²) >= 11 is 7.80. The van der Waals surface area contributed by atoms with E-state index in [0.717, 1.165) is 41.8 Å². The smallest absolute Gasteiger partial charge is 0.223 e. The summed E-state index contributed by atoms with van der Waals surface area (Å²) in [6.45, 7) is 5.49. The van der Waals surface area contributed by atoms with E-state index in [-0.39, 0.29) is 5.91 Å². The highest BCUT2D eigenvalue weighted by Gasteiger charge is 2.21. The molecule has 1 fully saturated rings. The summed E-state index contributed by atoms with van der Waals surface area (Å²) in [5.41, 5.74) is 2.52. The van der Waals surface area contributed by atoms with E-state index in [1.807, 2.05) is 29.2 Å². The summed E-state index contributed by atoms with van der Waals surface area (Å²) in [5.74, 6) is 1.00. The van der Waals surface area contributed by atoms with Crippen LogP contribution in [0.4, 0.5) is 5.69 Å². The molecule has 1 aliphatic heterocycles. The molecule has 1 aliphatic rings. The van der Waals surface area contributed by atoms with Crippen LogP contribution in [-0.4, -0.2) is 42.7 Å². The first-order chi connectivity index (χ1) is 12.1. The van der Waals surface area contributed by atoms with Crippen molar-refractivity contribution >= 4 is 35.0 Å². The van der Waals surface area contributed by atoms with E-state index in [1.165, 1.54) is 11.3 Å². The quantitative estimate of drug-likeness (QED) is 0.721. The molecule has 1 heterocycles. The zero-order chi connectivity index (χ0) is 17.6. The first kappa shape index (κ1) is 18.2. The summed E-state index contributed by atoms with van der Waals surface area (Å²) in [5, 5.41) is 0.756. The van der Waals surface area contributed by atoms with Gasteiger partial charge in [-0.1, -0.05) is 35.9 Å². The molecule has 132 valence electrons. The van der Waals surface area contributed by atoms with Crippen molar-refractivity contribution in [2.75, 3.05) is 36.8 Å². The van der Waals surface area contributed by atoms with Gasteiger partial charge in [-0.25, -0.2) is 0 Å². The number of thioether (sulfide) groups is 1. The molecule has 5 heteroatoms. The second kappa shape index (κ2) is 8.63. The molecule has 0 bridgehead atoms. The summed E-state index contributed by atoms with van der Waals surface area (Å²) in [6.07, 6.45) is 0.556. The van der Waals surface area contributed by atoms with Crippen molar-refractivity contribution in [1.29, 1.82) is 0 Å². The molecule has 3 nitrogen and oxygen atoms in total.